The van der Waals surface area contributed by atoms with Crippen LogP contribution >= 0.6 is 11.6 Å². The van der Waals surface area contributed by atoms with Crippen molar-refractivity contribution in [3.05, 3.63) is 23.2 Å². The molecule has 0 aromatic heterocycles. The van der Waals surface area contributed by atoms with Crippen molar-refractivity contribution in [2.24, 2.45) is 0 Å². The Morgan fingerprint density at radius 1 is 1.43 bits per heavy atom. The second-order valence-electron chi connectivity index (χ2n) is 4.51. The minimum absolute atomic E-state index is 0.0232. The molecule has 0 aliphatic carbocycles. The summed E-state index contributed by atoms with van der Waals surface area (Å²) in [5, 5.41) is 2.99. The molecule has 0 bridgehead atoms. The van der Waals surface area contributed by atoms with E-state index in [1.807, 2.05) is 0 Å². The van der Waals surface area contributed by atoms with E-state index in [0.717, 1.165) is 4.90 Å². The Hall–Kier alpha value is -1.47. The van der Waals surface area contributed by atoms with E-state index in [-0.39, 0.29) is 19.5 Å². The van der Waals surface area contributed by atoms with Gasteiger partial charge in [-0.05, 0) is 24.7 Å². The summed E-state index contributed by atoms with van der Waals surface area (Å²) in [4.78, 5) is 12.9. The molecule has 0 aliphatic heterocycles. The zero-order chi connectivity index (χ0) is 16.0. The van der Waals surface area contributed by atoms with Crippen LogP contribution in [0.25, 0.3) is 0 Å². The van der Waals surface area contributed by atoms with E-state index in [0.29, 0.717) is 16.4 Å². The largest absolute Gasteiger partial charge is 0.401 e. The number of nitrogens with zero attached hydrogens (tertiary/aromatic N) is 1. The van der Waals surface area contributed by atoms with E-state index in [1.165, 1.54) is 6.07 Å². The lowest BCUT2D eigenvalue weighted by molar-refractivity contribution is -0.146. The number of nitrogens with one attached hydrogen (secondary N) is 1. The summed E-state index contributed by atoms with van der Waals surface area (Å²) in [6, 6.07) is 4.59. The Bertz CT molecular complexity index is 494. The zero-order valence-corrected chi connectivity index (χ0v) is 12.3. The Labute approximate surface area is 126 Å². The van der Waals surface area contributed by atoms with Gasteiger partial charge in [-0.2, -0.15) is 13.2 Å². The third kappa shape index (κ3) is 6.68. The predicted molar refractivity (Wildman–Crippen MR) is 77.3 cm³/mol. The molecule has 0 aliphatic rings. The van der Waals surface area contributed by atoms with Crippen LogP contribution < -0.4 is 11.1 Å². The normalized spacial score (nSPS) is 11.7. The summed E-state index contributed by atoms with van der Waals surface area (Å²) in [7, 11) is 0. The molecule has 4 nitrogen and oxygen atoms in total. The van der Waals surface area contributed by atoms with Crippen LogP contribution in [0.1, 0.15) is 13.3 Å². The molecule has 21 heavy (non-hydrogen) atoms. The number of hydrogen-bond donors (Lipinski definition) is 2. The minimum atomic E-state index is -4.27. The SMILES string of the molecule is CCN(CCC(=O)Nc1ccc(Cl)cc1N)CC(F)(F)F. The lowest BCUT2D eigenvalue weighted by Crippen LogP contribution is -2.36. The van der Waals surface area contributed by atoms with Crippen LogP contribution in [0, 0.1) is 0 Å². The molecule has 1 aromatic carbocycles. The molecule has 118 valence electrons. The fourth-order valence-corrected chi connectivity index (χ4v) is 1.90. The van der Waals surface area contributed by atoms with Gasteiger partial charge < -0.3 is 11.1 Å². The molecule has 0 atom stereocenters. The van der Waals surface area contributed by atoms with Crippen molar-refractivity contribution in [3.63, 3.8) is 0 Å². The number of amides is 1. The molecular formula is C13H17ClF3N3O. The maximum Gasteiger partial charge on any atom is 0.401 e. The first-order valence-corrected chi connectivity index (χ1v) is 6.73. The summed E-state index contributed by atoms with van der Waals surface area (Å²) in [5.41, 5.74) is 6.37. The average molecular weight is 324 g/mol. The number of halogens is 4. The number of carbonyl (C=O) groups excluding carboxylic acids is 1. The summed E-state index contributed by atoms with van der Waals surface area (Å²) in [6.45, 7) is 0.825. The monoisotopic (exact) mass is 323 g/mol. The average Bonchev–Trinajstić information content (AvgIpc) is 2.36. The number of nitrogen functional groups attached to an aromatic ring is 1. The molecule has 0 spiro atoms. The van der Waals surface area contributed by atoms with Gasteiger partial charge in [0.1, 0.15) is 0 Å². The van der Waals surface area contributed by atoms with Crippen molar-refractivity contribution in [2.45, 2.75) is 19.5 Å². The van der Waals surface area contributed by atoms with E-state index in [1.54, 1.807) is 19.1 Å². The molecule has 0 saturated carbocycles. The van der Waals surface area contributed by atoms with Crippen molar-refractivity contribution in [1.82, 2.24) is 4.90 Å². The van der Waals surface area contributed by atoms with Gasteiger partial charge in [0.25, 0.3) is 0 Å². The number of anilines is 2. The number of hydrogen-bond acceptors (Lipinski definition) is 3. The van der Waals surface area contributed by atoms with Gasteiger partial charge in [0.15, 0.2) is 0 Å². The molecule has 0 unspecified atom stereocenters. The Kier molecular flexibility index (Phi) is 6.29. The highest BCUT2D eigenvalue weighted by molar-refractivity contribution is 6.31. The van der Waals surface area contributed by atoms with Crippen molar-refractivity contribution < 1.29 is 18.0 Å². The minimum Gasteiger partial charge on any atom is -0.397 e. The molecule has 1 aromatic rings. The van der Waals surface area contributed by atoms with Gasteiger partial charge in [0.05, 0.1) is 17.9 Å². The highest BCUT2D eigenvalue weighted by Gasteiger charge is 2.30. The van der Waals surface area contributed by atoms with Gasteiger partial charge in [0, 0.05) is 18.0 Å². The van der Waals surface area contributed by atoms with E-state index in [2.05, 4.69) is 5.32 Å². The van der Waals surface area contributed by atoms with Gasteiger partial charge in [-0.15, -0.1) is 0 Å². The van der Waals surface area contributed by atoms with Crippen LogP contribution in [-0.2, 0) is 4.79 Å². The van der Waals surface area contributed by atoms with E-state index in [9.17, 15) is 18.0 Å². The second kappa shape index (κ2) is 7.51. The number of alkyl halides is 3. The molecule has 8 heteroatoms. The third-order valence-electron chi connectivity index (χ3n) is 2.79. The molecule has 0 radical (unpaired) electrons. The third-order valence-corrected chi connectivity index (χ3v) is 3.03. The van der Waals surface area contributed by atoms with Crippen LogP contribution in [-0.4, -0.2) is 36.6 Å². The van der Waals surface area contributed by atoms with Crippen LogP contribution in [0.5, 0.6) is 0 Å². The summed E-state index contributed by atoms with van der Waals surface area (Å²) < 4.78 is 36.9. The maximum absolute atomic E-state index is 12.3. The van der Waals surface area contributed by atoms with Gasteiger partial charge in [-0.1, -0.05) is 18.5 Å². The van der Waals surface area contributed by atoms with Crippen LogP contribution in [0.2, 0.25) is 5.02 Å². The maximum atomic E-state index is 12.3. The lowest BCUT2D eigenvalue weighted by Gasteiger charge is -2.21. The lowest BCUT2D eigenvalue weighted by atomic mass is 10.2. The molecule has 0 heterocycles. The summed E-state index contributed by atoms with van der Waals surface area (Å²) in [6.07, 6.45) is -4.32. The number of benzene rings is 1. The second-order valence-corrected chi connectivity index (χ2v) is 4.95. The van der Waals surface area contributed by atoms with Crippen molar-refractivity contribution in [3.8, 4) is 0 Å². The molecule has 0 fully saturated rings. The standard InChI is InChI=1S/C13H17ClF3N3O/c1-2-20(8-13(15,16)17)6-5-12(21)19-11-4-3-9(14)7-10(11)18/h3-4,7H,2,5-6,8,18H2,1H3,(H,19,21). The Morgan fingerprint density at radius 3 is 2.62 bits per heavy atom. The van der Waals surface area contributed by atoms with Gasteiger partial charge in [-0.25, -0.2) is 0 Å². The first-order valence-electron chi connectivity index (χ1n) is 6.35. The number of rotatable bonds is 6. The van der Waals surface area contributed by atoms with Gasteiger partial charge in [-0.3, -0.25) is 9.69 Å². The fraction of sp³-hybridized carbons (Fsp3) is 0.462. The summed E-state index contributed by atoms with van der Waals surface area (Å²) >= 11 is 5.73. The quantitative estimate of drug-likeness (QED) is 0.791. The topological polar surface area (TPSA) is 58.4 Å². The molecule has 1 rings (SSSR count). The summed E-state index contributed by atoms with van der Waals surface area (Å²) in [5.74, 6) is -0.398. The zero-order valence-electron chi connectivity index (χ0n) is 11.5. The van der Waals surface area contributed by atoms with Gasteiger partial charge >= 0.3 is 6.18 Å². The van der Waals surface area contributed by atoms with E-state index < -0.39 is 18.6 Å². The highest BCUT2D eigenvalue weighted by atomic mass is 35.5. The number of nitrogens with two attached hydrogens (primary N) is 1. The van der Waals surface area contributed by atoms with Crippen molar-refractivity contribution >= 4 is 28.9 Å². The van der Waals surface area contributed by atoms with E-state index in [4.69, 9.17) is 17.3 Å². The Morgan fingerprint density at radius 2 is 2.10 bits per heavy atom. The molecule has 3 N–H and O–H groups in total. The first-order chi connectivity index (χ1) is 9.71. The van der Waals surface area contributed by atoms with Crippen LogP contribution in [0.4, 0.5) is 24.5 Å². The van der Waals surface area contributed by atoms with Crippen LogP contribution in [0.3, 0.4) is 0 Å². The molecular weight excluding hydrogens is 307 g/mol. The smallest absolute Gasteiger partial charge is 0.397 e. The fourth-order valence-electron chi connectivity index (χ4n) is 1.72. The molecule has 0 saturated heterocycles. The van der Waals surface area contributed by atoms with Crippen molar-refractivity contribution in [2.75, 3.05) is 30.7 Å². The Balaban J connectivity index is 2.50. The molecule has 1 amide bonds. The van der Waals surface area contributed by atoms with Gasteiger partial charge in [0.2, 0.25) is 5.91 Å². The first kappa shape index (κ1) is 17.6. The number of carbonyl (C=O) groups is 1. The van der Waals surface area contributed by atoms with Crippen LogP contribution in [0.15, 0.2) is 18.2 Å². The van der Waals surface area contributed by atoms with Crippen molar-refractivity contribution in [1.29, 1.82) is 0 Å². The predicted octanol–water partition coefficient (Wildman–Crippen LogP) is 3.14. The highest BCUT2D eigenvalue weighted by Crippen LogP contribution is 2.22. The van der Waals surface area contributed by atoms with E-state index >= 15 is 0 Å².